The Hall–Kier alpha value is -1.32. The van der Waals surface area contributed by atoms with Gasteiger partial charge in [-0.2, -0.15) is 0 Å². The van der Waals surface area contributed by atoms with Crippen LogP contribution in [0.3, 0.4) is 0 Å². The first kappa shape index (κ1) is 17.7. The van der Waals surface area contributed by atoms with E-state index in [-0.39, 0.29) is 24.5 Å². The molecule has 1 fully saturated rings. The standard InChI is InChI=1S/C17H28O4/c1-7-20-14(18)17(15(19)21-8-2)10-9-16(5,6)13(11-17)12(3)4/h13H,3,7-11H2,1-2,4-6H3. The maximum absolute atomic E-state index is 12.5. The van der Waals surface area contributed by atoms with Gasteiger partial charge in [0, 0.05) is 0 Å². The summed E-state index contributed by atoms with van der Waals surface area (Å²) in [7, 11) is 0. The molecule has 1 rings (SSSR count). The van der Waals surface area contributed by atoms with Crippen LogP contribution >= 0.6 is 0 Å². The van der Waals surface area contributed by atoms with Gasteiger partial charge in [-0.15, -0.1) is 0 Å². The predicted octanol–water partition coefficient (Wildman–Crippen LogP) is 3.50. The Morgan fingerprint density at radius 1 is 1.10 bits per heavy atom. The van der Waals surface area contributed by atoms with Crippen LogP contribution in [0.2, 0.25) is 0 Å². The molecule has 0 aliphatic heterocycles. The lowest BCUT2D eigenvalue weighted by atomic mass is 9.57. The molecule has 1 unspecified atom stereocenters. The molecule has 0 aromatic heterocycles. The number of carbonyl (C=O) groups excluding carboxylic acids is 2. The maximum atomic E-state index is 12.5. The lowest BCUT2D eigenvalue weighted by Crippen LogP contribution is -2.49. The lowest BCUT2D eigenvalue weighted by Gasteiger charge is -2.46. The summed E-state index contributed by atoms with van der Waals surface area (Å²) < 4.78 is 10.4. The van der Waals surface area contributed by atoms with Crippen molar-refractivity contribution in [1.29, 1.82) is 0 Å². The molecule has 4 heteroatoms. The van der Waals surface area contributed by atoms with Gasteiger partial charge in [0.2, 0.25) is 0 Å². The van der Waals surface area contributed by atoms with Crippen LogP contribution < -0.4 is 0 Å². The minimum Gasteiger partial charge on any atom is -0.465 e. The minimum atomic E-state index is -1.18. The van der Waals surface area contributed by atoms with Gasteiger partial charge in [-0.05, 0) is 51.4 Å². The van der Waals surface area contributed by atoms with E-state index in [1.165, 1.54) is 0 Å². The van der Waals surface area contributed by atoms with E-state index in [2.05, 4.69) is 20.4 Å². The number of allylic oxidation sites excluding steroid dienone is 1. The number of carbonyl (C=O) groups is 2. The topological polar surface area (TPSA) is 52.6 Å². The molecule has 0 radical (unpaired) electrons. The van der Waals surface area contributed by atoms with E-state index >= 15 is 0 Å². The van der Waals surface area contributed by atoms with Crippen LogP contribution in [0.1, 0.15) is 53.9 Å². The highest BCUT2D eigenvalue weighted by molar-refractivity contribution is 6.00. The van der Waals surface area contributed by atoms with Crippen LogP contribution in [-0.4, -0.2) is 25.2 Å². The second-order valence-electron chi connectivity index (χ2n) is 6.61. The molecule has 1 aliphatic rings. The molecule has 1 atom stereocenters. The van der Waals surface area contributed by atoms with E-state index in [4.69, 9.17) is 9.47 Å². The molecule has 4 nitrogen and oxygen atoms in total. The zero-order valence-electron chi connectivity index (χ0n) is 14.0. The molecule has 0 saturated heterocycles. The van der Waals surface area contributed by atoms with E-state index in [1.807, 2.05) is 6.92 Å². The number of hydrogen-bond donors (Lipinski definition) is 0. The summed E-state index contributed by atoms with van der Waals surface area (Å²) in [5, 5.41) is 0. The normalized spacial score (nSPS) is 23.2. The van der Waals surface area contributed by atoms with Crippen molar-refractivity contribution in [2.75, 3.05) is 13.2 Å². The van der Waals surface area contributed by atoms with Crippen LogP contribution in [0.25, 0.3) is 0 Å². The van der Waals surface area contributed by atoms with Crippen molar-refractivity contribution in [3.8, 4) is 0 Å². The third-order valence-corrected chi connectivity index (χ3v) is 4.62. The van der Waals surface area contributed by atoms with E-state index < -0.39 is 17.4 Å². The summed E-state index contributed by atoms with van der Waals surface area (Å²) in [6.07, 6.45) is 1.66. The number of esters is 2. The molecule has 1 saturated carbocycles. The Bertz CT molecular complexity index is 405. The van der Waals surface area contributed by atoms with Crippen LogP contribution in [0.4, 0.5) is 0 Å². The van der Waals surface area contributed by atoms with Crippen molar-refractivity contribution in [2.24, 2.45) is 16.7 Å². The zero-order valence-corrected chi connectivity index (χ0v) is 14.0. The molecule has 0 aromatic rings. The Labute approximate surface area is 127 Å². The predicted molar refractivity (Wildman–Crippen MR) is 81.6 cm³/mol. The van der Waals surface area contributed by atoms with Crippen molar-refractivity contribution in [2.45, 2.75) is 53.9 Å². The van der Waals surface area contributed by atoms with Gasteiger partial charge >= 0.3 is 11.9 Å². The number of ether oxygens (including phenoxy) is 2. The number of hydrogen-bond acceptors (Lipinski definition) is 4. The summed E-state index contributed by atoms with van der Waals surface area (Å²) in [6, 6.07) is 0. The summed E-state index contributed by atoms with van der Waals surface area (Å²) >= 11 is 0. The van der Waals surface area contributed by atoms with Crippen molar-refractivity contribution in [1.82, 2.24) is 0 Å². The van der Waals surface area contributed by atoms with Crippen LogP contribution in [0, 0.1) is 16.7 Å². The largest absolute Gasteiger partial charge is 0.465 e. The first-order valence-corrected chi connectivity index (χ1v) is 7.71. The van der Waals surface area contributed by atoms with Crippen molar-refractivity contribution in [3.63, 3.8) is 0 Å². The van der Waals surface area contributed by atoms with E-state index in [0.29, 0.717) is 12.8 Å². The molecular formula is C17H28O4. The second-order valence-corrected chi connectivity index (χ2v) is 6.61. The Morgan fingerprint density at radius 3 is 1.95 bits per heavy atom. The lowest BCUT2D eigenvalue weighted by molar-refractivity contribution is -0.178. The minimum absolute atomic E-state index is 0.0221. The zero-order chi connectivity index (χ0) is 16.3. The quantitative estimate of drug-likeness (QED) is 0.442. The van der Waals surface area contributed by atoms with Crippen LogP contribution in [0.15, 0.2) is 12.2 Å². The van der Waals surface area contributed by atoms with Gasteiger partial charge < -0.3 is 9.47 Å². The first-order valence-electron chi connectivity index (χ1n) is 7.71. The van der Waals surface area contributed by atoms with Gasteiger partial charge in [-0.1, -0.05) is 26.0 Å². The highest BCUT2D eigenvalue weighted by atomic mass is 16.6. The summed E-state index contributed by atoms with van der Waals surface area (Å²) in [4.78, 5) is 24.9. The Balaban J connectivity index is 3.17. The second kappa shape index (κ2) is 6.63. The average Bonchev–Trinajstić information content (AvgIpc) is 2.38. The maximum Gasteiger partial charge on any atom is 0.323 e. The molecule has 0 spiro atoms. The van der Waals surface area contributed by atoms with Crippen LogP contribution in [-0.2, 0) is 19.1 Å². The Kier molecular flexibility index (Phi) is 5.60. The monoisotopic (exact) mass is 296 g/mol. The smallest absolute Gasteiger partial charge is 0.323 e. The third-order valence-electron chi connectivity index (χ3n) is 4.62. The highest BCUT2D eigenvalue weighted by Crippen LogP contribution is 2.52. The molecular weight excluding hydrogens is 268 g/mol. The molecule has 0 aromatic carbocycles. The molecule has 1 aliphatic carbocycles. The average molecular weight is 296 g/mol. The van der Waals surface area contributed by atoms with Crippen molar-refractivity contribution in [3.05, 3.63) is 12.2 Å². The first-order chi connectivity index (χ1) is 9.71. The summed E-state index contributed by atoms with van der Waals surface area (Å²) in [6.45, 7) is 14.4. The fraction of sp³-hybridized carbons (Fsp3) is 0.765. The summed E-state index contributed by atoms with van der Waals surface area (Å²) in [5.74, 6) is -0.810. The molecule has 0 amide bonds. The van der Waals surface area contributed by atoms with E-state index in [9.17, 15) is 9.59 Å². The van der Waals surface area contributed by atoms with Gasteiger partial charge in [0.05, 0.1) is 13.2 Å². The number of rotatable bonds is 5. The fourth-order valence-electron chi connectivity index (χ4n) is 3.27. The Morgan fingerprint density at radius 2 is 1.57 bits per heavy atom. The van der Waals surface area contributed by atoms with Crippen molar-refractivity contribution < 1.29 is 19.1 Å². The van der Waals surface area contributed by atoms with E-state index in [0.717, 1.165) is 12.0 Å². The molecule has 0 bridgehead atoms. The third kappa shape index (κ3) is 3.47. The highest BCUT2D eigenvalue weighted by Gasteiger charge is 2.55. The van der Waals surface area contributed by atoms with Crippen LogP contribution in [0.5, 0.6) is 0 Å². The summed E-state index contributed by atoms with van der Waals surface area (Å²) in [5.41, 5.74) is -0.155. The van der Waals surface area contributed by atoms with Crippen molar-refractivity contribution >= 4 is 11.9 Å². The molecule has 0 heterocycles. The molecule has 21 heavy (non-hydrogen) atoms. The fourth-order valence-corrected chi connectivity index (χ4v) is 3.27. The molecule has 0 N–H and O–H groups in total. The SMILES string of the molecule is C=C(C)C1CC(C(=O)OCC)(C(=O)OCC)CCC1(C)C. The molecule has 120 valence electrons. The van der Waals surface area contributed by atoms with Gasteiger partial charge in [0.15, 0.2) is 5.41 Å². The van der Waals surface area contributed by atoms with E-state index in [1.54, 1.807) is 13.8 Å². The van der Waals surface area contributed by atoms with Gasteiger partial charge in [-0.25, -0.2) is 0 Å². The van der Waals surface area contributed by atoms with Gasteiger partial charge in [0.25, 0.3) is 0 Å². The van der Waals surface area contributed by atoms with Gasteiger partial charge in [-0.3, -0.25) is 9.59 Å². The van der Waals surface area contributed by atoms with Gasteiger partial charge in [0.1, 0.15) is 0 Å².